The van der Waals surface area contributed by atoms with Crippen molar-refractivity contribution in [3.8, 4) is 0 Å². The van der Waals surface area contributed by atoms with E-state index in [1.807, 2.05) is 0 Å². The molecule has 2 rings (SSSR count). The lowest BCUT2D eigenvalue weighted by Crippen LogP contribution is -2.44. The summed E-state index contributed by atoms with van der Waals surface area (Å²) in [5, 5.41) is 3.79. The van der Waals surface area contributed by atoms with Gasteiger partial charge in [0, 0.05) is 12.6 Å². The summed E-state index contributed by atoms with van der Waals surface area (Å²) in [7, 11) is 0. The summed E-state index contributed by atoms with van der Waals surface area (Å²) in [5.41, 5.74) is 0.968. The zero-order valence-corrected chi connectivity index (χ0v) is 14.8. The first-order chi connectivity index (χ1) is 9.86. The van der Waals surface area contributed by atoms with E-state index in [-0.39, 0.29) is 0 Å². The van der Waals surface area contributed by atoms with Gasteiger partial charge in [0.15, 0.2) is 0 Å². The van der Waals surface area contributed by atoms with E-state index in [2.05, 4.69) is 33.0 Å². The molecule has 0 spiro atoms. The van der Waals surface area contributed by atoms with Crippen molar-refractivity contribution in [2.45, 2.75) is 97.6 Å². The number of hydrogen-bond donors (Lipinski definition) is 1. The summed E-state index contributed by atoms with van der Waals surface area (Å²) in [6.45, 7) is 11.8. The van der Waals surface area contributed by atoms with Crippen LogP contribution in [0.1, 0.15) is 85.5 Å². The number of hydrogen-bond acceptors (Lipinski definition) is 2. The van der Waals surface area contributed by atoms with Crippen molar-refractivity contribution < 1.29 is 4.74 Å². The number of nitrogens with one attached hydrogen (secondary N) is 1. The van der Waals surface area contributed by atoms with E-state index < -0.39 is 0 Å². The van der Waals surface area contributed by atoms with E-state index in [9.17, 15) is 0 Å². The Hall–Kier alpha value is -0.0800. The van der Waals surface area contributed by atoms with Gasteiger partial charge in [-0.1, -0.05) is 47.0 Å². The monoisotopic (exact) mass is 295 g/mol. The maximum absolute atomic E-state index is 6.01. The molecule has 0 aromatic rings. The molecule has 124 valence electrons. The fourth-order valence-electron chi connectivity index (χ4n) is 4.85. The predicted molar refractivity (Wildman–Crippen MR) is 90.6 cm³/mol. The first kappa shape index (κ1) is 17.3. The third kappa shape index (κ3) is 6.28. The first-order valence-electron chi connectivity index (χ1n) is 9.21. The Morgan fingerprint density at radius 1 is 0.952 bits per heavy atom. The molecule has 0 aromatic carbocycles. The molecular formula is C19H37NO. The molecular weight excluding hydrogens is 258 g/mol. The zero-order chi connectivity index (χ0) is 15.3. The molecule has 1 N–H and O–H groups in total. The van der Waals surface area contributed by atoms with Crippen molar-refractivity contribution in [1.82, 2.24) is 5.32 Å². The van der Waals surface area contributed by atoms with E-state index in [1.54, 1.807) is 0 Å². The van der Waals surface area contributed by atoms with Gasteiger partial charge in [0.25, 0.3) is 0 Å². The van der Waals surface area contributed by atoms with Gasteiger partial charge in [-0.3, -0.25) is 0 Å². The highest BCUT2D eigenvalue weighted by molar-refractivity contribution is 4.92. The van der Waals surface area contributed by atoms with E-state index >= 15 is 0 Å². The van der Waals surface area contributed by atoms with E-state index in [0.717, 1.165) is 19.6 Å². The highest BCUT2D eigenvalue weighted by Gasteiger charge is 2.37. The molecule has 0 radical (unpaired) electrons. The van der Waals surface area contributed by atoms with Gasteiger partial charge in [-0.2, -0.15) is 0 Å². The first-order valence-corrected chi connectivity index (χ1v) is 9.21. The van der Waals surface area contributed by atoms with Gasteiger partial charge in [0.1, 0.15) is 0 Å². The molecule has 0 bridgehead atoms. The van der Waals surface area contributed by atoms with Crippen molar-refractivity contribution in [3.05, 3.63) is 0 Å². The molecule has 2 fully saturated rings. The van der Waals surface area contributed by atoms with Crippen LogP contribution in [0, 0.1) is 10.8 Å². The summed E-state index contributed by atoms with van der Waals surface area (Å²) < 4.78 is 6.01. The van der Waals surface area contributed by atoms with Crippen LogP contribution < -0.4 is 5.32 Å². The van der Waals surface area contributed by atoms with Crippen LogP contribution in [0.25, 0.3) is 0 Å². The number of rotatable bonds is 6. The van der Waals surface area contributed by atoms with Crippen LogP contribution >= 0.6 is 0 Å². The van der Waals surface area contributed by atoms with E-state index in [4.69, 9.17) is 4.74 Å². The Morgan fingerprint density at radius 2 is 1.57 bits per heavy atom. The fourth-order valence-corrected chi connectivity index (χ4v) is 4.85. The second-order valence-corrected chi connectivity index (χ2v) is 9.05. The molecule has 0 atom stereocenters. The van der Waals surface area contributed by atoms with Crippen LogP contribution in [0.4, 0.5) is 0 Å². The number of ether oxygens (including phenoxy) is 1. The van der Waals surface area contributed by atoms with Crippen LogP contribution in [-0.2, 0) is 4.74 Å². The minimum Gasteiger partial charge on any atom is -0.378 e. The van der Waals surface area contributed by atoms with Gasteiger partial charge >= 0.3 is 0 Å². The van der Waals surface area contributed by atoms with Gasteiger partial charge < -0.3 is 10.1 Å². The van der Waals surface area contributed by atoms with Crippen LogP contribution in [-0.4, -0.2) is 25.3 Å². The topological polar surface area (TPSA) is 21.3 Å². The summed E-state index contributed by atoms with van der Waals surface area (Å²) in [5.74, 6) is 0. The molecule has 2 aliphatic carbocycles. The van der Waals surface area contributed by atoms with Gasteiger partial charge in [-0.25, -0.2) is 0 Å². The quantitative estimate of drug-likeness (QED) is 0.702. The Balaban J connectivity index is 1.59. The molecule has 0 heterocycles. The van der Waals surface area contributed by atoms with E-state index in [1.165, 1.54) is 51.4 Å². The average molecular weight is 296 g/mol. The fraction of sp³-hybridized carbons (Fsp3) is 1.00. The van der Waals surface area contributed by atoms with Crippen molar-refractivity contribution in [2.24, 2.45) is 10.8 Å². The van der Waals surface area contributed by atoms with Gasteiger partial charge in [-0.15, -0.1) is 0 Å². The Kier molecular flexibility index (Phi) is 6.14. The molecule has 0 aromatic heterocycles. The Morgan fingerprint density at radius 3 is 2.19 bits per heavy atom. The van der Waals surface area contributed by atoms with Crippen molar-refractivity contribution in [1.29, 1.82) is 0 Å². The molecule has 21 heavy (non-hydrogen) atoms. The lowest BCUT2D eigenvalue weighted by Gasteiger charge is -2.45. The molecule has 2 saturated carbocycles. The summed E-state index contributed by atoms with van der Waals surface area (Å²) in [6, 6.07) is 0.693. The predicted octanol–water partition coefficient (Wildman–Crippen LogP) is 4.92. The summed E-state index contributed by atoms with van der Waals surface area (Å²) in [6.07, 6.45) is 12.4. The maximum atomic E-state index is 6.01. The molecule has 0 unspecified atom stereocenters. The lowest BCUT2D eigenvalue weighted by molar-refractivity contribution is 0.0259. The largest absolute Gasteiger partial charge is 0.378 e. The second kappa shape index (κ2) is 7.46. The molecule has 0 aliphatic heterocycles. The average Bonchev–Trinajstić information content (AvgIpc) is 2.36. The smallest absolute Gasteiger partial charge is 0.0575 e. The van der Waals surface area contributed by atoms with Crippen LogP contribution in [0.15, 0.2) is 0 Å². The van der Waals surface area contributed by atoms with Crippen molar-refractivity contribution >= 4 is 0 Å². The molecule has 0 amide bonds. The van der Waals surface area contributed by atoms with Crippen LogP contribution in [0.3, 0.4) is 0 Å². The highest BCUT2D eigenvalue weighted by atomic mass is 16.5. The minimum absolute atomic E-state index is 0.484. The van der Waals surface area contributed by atoms with Crippen LogP contribution in [0.2, 0.25) is 0 Å². The Labute approximate surface area is 132 Å². The minimum atomic E-state index is 0.484. The molecule has 0 saturated heterocycles. The van der Waals surface area contributed by atoms with Gasteiger partial charge in [-0.05, 0) is 55.9 Å². The van der Waals surface area contributed by atoms with Gasteiger partial charge in [0.2, 0.25) is 0 Å². The van der Waals surface area contributed by atoms with Crippen molar-refractivity contribution in [3.63, 3.8) is 0 Å². The highest BCUT2D eigenvalue weighted by Crippen LogP contribution is 2.45. The standard InChI is InChI=1S/C19H37NO/c1-18(2)13-16(14-19(3,4)15-18)20-11-8-12-21-17-9-6-5-7-10-17/h16-17,20H,5-15H2,1-4H3. The third-order valence-electron chi connectivity index (χ3n) is 5.21. The molecule has 2 aliphatic rings. The summed E-state index contributed by atoms with van der Waals surface area (Å²) >= 11 is 0. The van der Waals surface area contributed by atoms with Gasteiger partial charge in [0.05, 0.1) is 6.10 Å². The lowest BCUT2D eigenvalue weighted by atomic mass is 9.63. The van der Waals surface area contributed by atoms with E-state index in [0.29, 0.717) is 23.0 Å². The Bertz CT molecular complexity index is 289. The van der Waals surface area contributed by atoms with Crippen LogP contribution in [0.5, 0.6) is 0 Å². The zero-order valence-electron chi connectivity index (χ0n) is 14.8. The normalized spacial score (nSPS) is 26.9. The third-order valence-corrected chi connectivity index (χ3v) is 5.21. The summed E-state index contributed by atoms with van der Waals surface area (Å²) in [4.78, 5) is 0. The van der Waals surface area contributed by atoms with Crippen molar-refractivity contribution in [2.75, 3.05) is 13.2 Å². The maximum Gasteiger partial charge on any atom is 0.0575 e. The SMILES string of the molecule is CC1(C)CC(NCCCOC2CCCCC2)CC(C)(C)C1. The molecule has 2 heteroatoms. The molecule has 2 nitrogen and oxygen atoms in total. The second-order valence-electron chi connectivity index (χ2n) is 9.05.